The predicted molar refractivity (Wildman–Crippen MR) is 225 cm³/mol. The average Bonchev–Trinajstić information content (AvgIpc) is 3.18. The maximum absolute atomic E-state index is 12.9. The Balaban J connectivity index is 2.42. The summed E-state index contributed by atoms with van der Waals surface area (Å²) in [6.07, 6.45) is 42.0. The fourth-order valence-electron chi connectivity index (χ4n) is 6.04. The summed E-state index contributed by atoms with van der Waals surface area (Å²) in [5.41, 5.74) is 0. The lowest BCUT2D eigenvalue weighted by Crippen LogP contribution is -2.60. The van der Waals surface area contributed by atoms with E-state index in [4.69, 9.17) is 9.47 Å². The molecule has 0 aromatic heterocycles. The van der Waals surface area contributed by atoms with E-state index >= 15 is 0 Å². The number of rotatable bonds is 33. The smallest absolute Gasteiger partial charge is 0.220 e. The number of unbranched alkanes of at least 4 members (excludes halogenated alkanes) is 11. The van der Waals surface area contributed by atoms with Crippen LogP contribution in [0.2, 0.25) is 0 Å². The summed E-state index contributed by atoms with van der Waals surface area (Å²) < 4.78 is 11.2. The molecule has 1 aliphatic heterocycles. The van der Waals surface area contributed by atoms with Crippen molar-refractivity contribution in [3.05, 3.63) is 85.1 Å². The van der Waals surface area contributed by atoms with Crippen LogP contribution in [-0.2, 0) is 14.3 Å². The number of carbonyl (C=O) groups is 1. The van der Waals surface area contributed by atoms with Gasteiger partial charge < -0.3 is 40.3 Å². The lowest BCUT2D eigenvalue weighted by Gasteiger charge is -2.40. The number of nitrogens with one attached hydrogen (secondary N) is 1. The topological polar surface area (TPSA) is 149 Å². The van der Waals surface area contributed by atoms with E-state index in [-0.39, 0.29) is 18.9 Å². The van der Waals surface area contributed by atoms with E-state index in [1.807, 2.05) is 6.08 Å². The molecule has 1 amide bonds. The van der Waals surface area contributed by atoms with Gasteiger partial charge in [-0.25, -0.2) is 0 Å². The van der Waals surface area contributed by atoms with Crippen LogP contribution in [0.4, 0.5) is 0 Å². The van der Waals surface area contributed by atoms with Crippen molar-refractivity contribution in [3.8, 4) is 0 Å². The SMILES string of the molecule is CC/C=C\C/C=C\C/C=C\C/C=C\C/C=C\C/C=C\CCCCC(=O)NC(COC1OC(CO)C(O)C(O)C1O)C(O)/C=C/CCCCCCCCCCC. The summed E-state index contributed by atoms with van der Waals surface area (Å²) in [7, 11) is 0. The summed E-state index contributed by atoms with van der Waals surface area (Å²) >= 11 is 0. The number of carbonyl (C=O) groups excluding carboxylic acids is 1. The Kier molecular flexibility index (Phi) is 32.8. The largest absolute Gasteiger partial charge is 0.394 e. The molecule has 0 saturated carbocycles. The van der Waals surface area contributed by atoms with E-state index in [0.29, 0.717) is 6.42 Å². The first-order valence-electron chi connectivity index (χ1n) is 21.3. The number of allylic oxidation sites excluding steroid dienone is 13. The summed E-state index contributed by atoms with van der Waals surface area (Å²) in [5, 5.41) is 54.0. The standard InChI is InChI=1S/C46H77NO8/c1-3-5-7-9-11-13-15-16-17-18-19-20-21-22-23-24-26-28-30-32-34-36-42(50)47-39(38-54-46-45(53)44(52)43(51)41(37-48)55-46)40(49)35-33-31-29-27-25-14-12-10-8-6-4-2/h5,7,11,13,16-17,19-20,22-23,26,28,33,35,39-41,43-46,48-49,51-53H,3-4,6,8-10,12,14-15,18,21,24-25,27,29-32,34,36-38H2,1-2H3,(H,47,50)/b7-5-,13-11-,17-16-,20-19-,23-22-,28-26-,35-33+. The van der Waals surface area contributed by atoms with Gasteiger partial charge >= 0.3 is 0 Å². The zero-order chi connectivity index (χ0) is 40.2. The first kappa shape index (κ1) is 50.4. The van der Waals surface area contributed by atoms with Crippen molar-refractivity contribution in [1.82, 2.24) is 5.32 Å². The third kappa shape index (κ3) is 26.8. The Labute approximate surface area is 333 Å². The molecule has 1 fully saturated rings. The predicted octanol–water partition coefficient (Wildman–Crippen LogP) is 8.38. The molecule has 314 valence electrons. The lowest BCUT2D eigenvalue weighted by atomic mass is 9.99. The number of amides is 1. The monoisotopic (exact) mass is 772 g/mol. The van der Waals surface area contributed by atoms with Crippen LogP contribution in [0.25, 0.3) is 0 Å². The lowest BCUT2D eigenvalue weighted by molar-refractivity contribution is -0.302. The van der Waals surface area contributed by atoms with Crippen molar-refractivity contribution in [2.24, 2.45) is 0 Å². The fourth-order valence-corrected chi connectivity index (χ4v) is 6.04. The van der Waals surface area contributed by atoms with Gasteiger partial charge in [0.1, 0.15) is 24.4 Å². The minimum Gasteiger partial charge on any atom is -0.394 e. The van der Waals surface area contributed by atoms with Crippen molar-refractivity contribution < 1.29 is 39.8 Å². The molecule has 1 rings (SSSR count). The van der Waals surface area contributed by atoms with Gasteiger partial charge in [-0.05, 0) is 70.6 Å². The Morgan fingerprint density at radius 3 is 1.67 bits per heavy atom. The Hall–Kier alpha value is -2.63. The van der Waals surface area contributed by atoms with Gasteiger partial charge in [0.25, 0.3) is 0 Å². The third-order valence-electron chi connectivity index (χ3n) is 9.48. The van der Waals surface area contributed by atoms with Crippen molar-refractivity contribution in [1.29, 1.82) is 0 Å². The Morgan fingerprint density at radius 2 is 1.13 bits per heavy atom. The summed E-state index contributed by atoms with van der Waals surface area (Å²) in [6.45, 7) is 3.58. The number of hydrogen-bond donors (Lipinski definition) is 6. The summed E-state index contributed by atoms with van der Waals surface area (Å²) in [5.74, 6) is -0.225. The van der Waals surface area contributed by atoms with E-state index in [0.717, 1.165) is 70.6 Å². The molecule has 1 saturated heterocycles. The van der Waals surface area contributed by atoms with Crippen LogP contribution in [0.3, 0.4) is 0 Å². The molecule has 0 spiro atoms. The Morgan fingerprint density at radius 1 is 0.636 bits per heavy atom. The van der Waals surface area contributed by atoms with Crippen LogP contribution in [0.15, 0.2) is 85.1 Å². The van der Waals surface area contributed by atoms with Gasteiger partial charge in [-0.15, -0.1) is 0 Å². The first-order chi connectivity index (χ1) is 26.8. The van der Waals surface area contributed by atoms with Crippen LogP contribution in [-0.4, -0.2) is 87.5 Å². The highest BCUT2D eigenvalue weighted by molar-refractivity contribution is 5.76. The molecule has 1 aliphatic rings. The molecule has 7 unspecified atom stereocenters. The average molecular weight is 772 g/mol. The molecule has 9 heteroatoms. The highest BCUT2D eigenvalue weighted by Gasteiger charge is 2.44. The summed E-state index contributed by atoms with van der Waals surface area (Å²) in [4.78, 5) is 12.9. The number of aliphatic hydroxyl groups excluding tert-OH is 5. The van der Waals surface area contributed by atoms with Crippen LogP contribution in [0, 0.1) is 0 Å². The normalized spacial score (nSPS) is 22.2. The quantitative estimate of drug-likeness (QED) is 0.0288. The van der Waals surface area contributed by atoms with E-state index in [2.05, 4.69) is 92.1 Å². The second-order valence-corrected chi connectivity index (χ2v) is 14.4. The van der Waals surface area contributed by atoms with Crippen molar-refractivity contribution >= 4 is 5.91 Å². The molecule has 6 N–H and O–H groups in total. The molecule has 0 aliphatic carbocycles. The molecule has 0 radical (unpaired) electrons. The van der Waals surface area contributed by atoms with Crippen LogP contribution >= 0.6 is 0 Å². The van der Waals surface area contributed by atoms with Crippen LogP contribution in [0.1, 0.15) is 142 Å². The molecule has 55 heavy (non-hydrogen) atoms. The molecule has 0 aromatic rings. The van der Waals surface area contributed by atoms with E-state index in [1.165, 1.54) is 44.9 Å². The van der Waals surface area contributed by atoms with Gasteiger partial charge in [0.2, 0.25) is 5.91 Å². The minimum absolute atomic E-state index is 0.212. The van der Waals surface area contributed by atoms with E-state index in [9.17, 15) is 30.3 Å². The second kappa shape index (κ2) is 35.8. The van der Waals surface area contributed by atoms with Gasteiger partial charge in [-0.2, -0.15) is 0 Å². The van der Waals surface area contributed by atoms with E-state index in [1.54, 1.807) is 6.08 Å². The maximum Gasteiger partial charge on any atom is 0.220 e. The van der Waals surface area contributed by atoms with Crippen LogP contribution in [0.5, 0.6) is 0 Å². The minimum atomic E-state index is -1.58. The molecule has 7 atom stereocenters. The number of hydrogen-bond acceptors (Lipinski definition) is 8. The first-order valence-corrected chi connectivity index (χ1v) is 21.3. The van der Waals surface area contributed by atoms with Crippen molar-refractivity contribution in [3.63, 3.8) is 0 Å². The van der Waals surface area contributed by atoms with Crippen molar-refractivity contribution in [2.45, 2.75) is 185 Å². The van der Waals surface area contributed by atoms with Crippen molar-refractivity contribution in [2.75, 3.05) is 13.2 Å². The molecular formula is C46H77NO8. The van der Waals surface area contributed by atoms with Gasteiger partial charge in [-0.3, -0.25) is 4.79 Å². The molecule has 9 nitrogen and oxygen atoms in total. The highest BCUT2D eigenvalue weighted by Crippen LogP contribution is 2.22. The summed E-state index contributed by atoms with van der Waals surface area (Å²) in [6, 6.07) is -0.831. The number of ether oxygens (including phenoxy) is 2. The van der Waals surface area contributed by atoms with Gasteiger partial charge in [0, 0.05) is 6.42 Å². The zero-order valence-electron chi connectivity index (χ0n) is 34.1. The van der Waals surface area contributed by atoms with Crippen LogP contribution < -0.4 is 5.32 Å². The highest BCUT2D eigenvalue weighted by atomic mass is 16.7. The molecular weight excluding hydrogens is 695 g/mol. The van der Waals surface area contributed by atoms with E-state index < -0.39 is 49.5 Å². The molecule has 0 aromatic carbocycles. The second-order valence-electron chi connectivity index (χ2n) is 14.4. The van der Waals surface area contributed by atoms with Gasteiger partial charge in [0.05, 0.1) is 25.4 Å². The molecule has 0 bridgehead atoms. The van der Waals surface area contributed by atoms with Gasteiger partial charge in [-0.1, -0.05) is 150 Å². The fraction of sp³-hybridized carbons (Fsp3) is 0.674. The molecule has 1 heterocycles. The number of aliphatic hydroxyl groups is 5. The van der Waals surface area contributed by atoms with Gasteiger partial charge in [0.15, 0.2) is 6.29 Å². The maximum atomic E-state index is 12.9. The Bertz CT molecular complexity index is 1130. The zero-order valence-corrected chi connectivity index (χ0v) is 34.1. The third-order valence-corrected chi connectivity index (χ3v) is 9.48.